The first-order valence-electron chi connectivity index (χ1n) is 7.63. The smallest absolute Gasteiger partial charge is 0.196 e. The first kappa shape index (κ1) is 17.9. The standard InChI is InChI=1S/C17H15F2N5OS/c1-9(10-5-7-11(25)8-6-10)15-22-17(24-23-15)26-16(20)21-13-4-2-3-12(18)14(13)19/h2-9,25H,1H3,(H2,20,21)(H,22,23,24). The van der Waals surface area contributed by atoms with Crippen LogP contribution in [-0.2, 0) is 0 Å². The third-order valence-corrected chi connectivity index (χ3v) is 4.37. The van der Waals surface area contributed by atoms with Crippen molar-refractivity contribution in [3.63, 3.8) is 0 Å². The third kappa shape index (κ3) is 3.99. The number of aromatic amines is 1. The number of hydrogen-bond acceptors (Lipinski definition) is 5. The molecule has 1 atom stereocenters. The summed E-state index contributed by atoms with van der Waals surface area (Å²) in [5, 5.41) is 28.0. The van der Waals surface area contributed by atoms with Crippen molar-refractivity contribution >= 4 is 22.6 Å². The van der Waals surface area contributed by atoms with E-state index in [1.165, 1.54) is 12.1 Å². The van der Waals surface area contributed by atoms with Crippen LogP contribution in [0.25, 0.3) is 0 Å². The number of H-pyrrole nitrogens is 1. The van der Waals surface area contributed by atoms with Crippen LogP contribution >= 0.6 is 11.8 Å². The van der Waals surface area contributed by atoms with Crippen LogP contribution in [-0.4, -0.2) is 25.5 Å². The number of benzene rings is 2. The summed E-state index contributed by atoms with van der Waals surface area (Å²) in [6, 6.07) is 10.4. The van der Waals surface area contributed by atoms with Crippen molar-refractivity contribution in [2.45, 2.75) is 18.0 Å². The largest absolute Gasteiger partial charge is 0.508 e. The minimum atomic E-state index is -1.04. The molecule has 9 heteroatoms. The molecule has 3 aromatic rings. The van der Waals surface area contributed by atoms with E-state index in [-0.39, 0.29) is 22.5 Å². The van der Waals surface area contributed by atoms with Crippen LogP contribution in [0.15, 0.2) is 47.6 Å². The highest BCUT2D eigenvalue weighted by Gasteiger charge is 2.16. The van der Waals surface area contributed by atoms with Crippen molar-refractivity contribution in [3.05, 3.63) is 65.5 Å². The normalized spacial score (nSPS) is 12.0. The van der Waals surface area contributed by atoms with Crippen molar-refractivity contribution in [1.29, 1.82) is 5.41 Å². The Bertz CT molecular complexity index is 929. The summed E-state index contributed by atoms with van der Waals surface area (Å²) in [7, 11) is 0. The van der Waals surface area contributed by atoms with Crippen molar-refractivity contribution in [2.75, 3.05) is 5.32 Å². The molecule has 0 radical (unpaired) electrons. The van der Waals surface area contributed by atoms with E-state index in [1.807, 2.05) is 6.92 Å². The molecule has 1 aromatic heterocycles. The fraction of sp³-hybridized carbons (Fsp3) is 0.118. The predicted octanol–water partition coefficient (Wildman–Crippen LogP) is 4.08. The Balaban J connectivity index is 1.67. The fourth-order valence-electron chi connectivity index (χ4n) is 2.27. The van der Waals surface area contributed by atoms with Crippen molar-refractivity contribution in [2.24, 2.45) is 0 Å². The molecule has 0 aliphatic heterocycles. The highest BCUT2D eigenvalue weighted by atomic mass is 32.2. The van der Waals surface area contributed by atoms with Crippen molar-refractivity contribution in [1.82, 2.24) is 15.2 Å². The molecule has 0 spiro atoms. The van der Waals surface area contributed by atoms with Gasteiger partial charge >= 0.3 is 0 Å². The maximum absolute atomic E-state index is 13.6. The summed E-state index contributed by atoms with van der Waals surface area (Å²) in [6.07, 6.45) is 0. The third-order valence-electron chi connectivity index (χ3n) is 3.69. The average molecular weight is 375 g/mol. The van der Waals surface area contributed by atoms with Gasteiger partial charge in [-0.15, -0.1) is 10.2 Å². The van der Waals surface area contributed by atoms with Crippen LogP contribution in [0.5, 0.6) is 5.75 Å². The maximum atomic E-state index is 13.6. The average Bonchev–Trinajstić information content (AvgIpc) is 3.07. The summed E-state index contributed by atoms with van der Waals surface area (Å²) in [4.78, 5) is 3.00. The number of amidine groups is 1. The van der Waals surface area contributed by atoms with Crippen LogP contribution in [0.4, 0.5) is 14.5 Å². The van der Waals surface area contributed by atoms with Gasteiger partial charge in [0.15, 0.2) is 22.0 Å². The van der Waals surface area contributed by atoms with Gasteiger partial charge in [-0.05, 0) is 41.6 Å². The van der Waals surface area contributed by atoms with E-state index in [0.29, 0.717) is 11.0 Å². The first-order valence-corrected chi connectivity index (χ1v) is 8.44. The predicted molar refractivity (Wildman–Crippen MR) is 95.6 cm³/mol. The second-order valence-electron chi connectivity index (χ2n) is 5.49. The molecule has 1 heterocycles. The maximum Gasteiger partial charge on any atom is 0.196 e. The van der Waals surface area contributed by atoms with Gasteiger partial charge in [0.05, 0.1) is 5.69 Å². The molecule has 26 heavy (non-hydrogen) atoms. The summed E-state index contributed by atoms with van der Waals surface area (Å²) in [6.45, 7) is 1.92. The summed E-state index contributed by atoms with van der Waals surface area (Å²) >= 11 is 0.903. The lowest BCUT2D eigenvalue weighted by Crippen LogP contribution is -2.08. The lowest BCUT2D eigenvalue weighted by molar-refractivity contribution is 0.475. The Morgan fingerprint density at radius 1 is 1.19 bits per heavy atom. The van der Waals surface area contributed by atoms with Gasteiger partial charge in [0, 0.05) is 5.92 Å². The Hall–Kier alpha value is -2.94. The van der Waals surface area contributed by atoms with Gasteiger partial charge in [-0.1, -0.05) is 25.1 Å². The van der Waals surface area contributed by atoms with Crippen LogP contribution in [0, 0.1) is 17.0 Å². The highest BCUT2D eigenvalue weighted by molar-refractivity contribution is 8.13. The Morgan fingerprint density at radius 2 is 1.92 bits per heavy atom. The van der Waals surface area contributed by atoms with Gasteiger partial charge in [0.25, 0.3) is 0 Å². The molecule has 0 amide bonds. The molecule has 6 nitrogen and oxygen atoms in total. The molecule has 0 aliphatic rings. The second kappa shape index (κ2) is 7.52. The SMILES string of the molecule is CC(c1ccc(O)cc1)c1nnc(SC(=N)Nc2cccc(F)c2F)[nH]1. The molecule has 4 N–H and O–H groups in total. The Labute approximate surface area is 152 Å². The Morgan fingerprint density at radius 3 is 2.65 bits per heavy atom. The fourth-order valence-corrected chi connectivity index (χ4v) is 2.86. The number of hydrogen-bond donors (Lipinski definition) is 4. The summed E-state index contributed by atoms with van der Waals surface area (Å²) in [5.74, 6) is -1.36. The minimum Gasteiger partial charge on any atom is -0.508 e. The van der Waals surface area contributed by atoms with Gasteiger partial charge in [-0.3, -0.25) is 5.41 Å². The topological polar surface area (TPSA) is 97.7 Å². The van der Waals surface area contributed by atoms with Gasteiger partial charge in [0.2, 0.25) is 0 Å². The second-order valence-corrected chi connectivity index (χ2v) is 6.49. The highest BCUT2D eigenvalue weighted by Crippen LogP contribution is 2.25. The number of halogens is 2. The molecule has 0 saturated heterocycles. The quantitative estimate of drug-likeness (QED) is 0.313. The van der Waals surface area contributed by atoms with E-state index in [0.717, 1.165) is 23.4 Å². The summed E-state index contributed by atoms with van der Waals surface area (Å²) in [5.41, 5.74) is 0.810. The number of rotatable bonds is 4. The monoisotopic (exact) mass is 375 g/mol. The number of anilines is 1. The molecular formula is C17H15F2N5OS. The van der Waals surface area contributed by atoms with E-state index < -0.39 is 11.6 Å². The molecule has 1 unspecified atom stereocenters. The number of nitrogens with zero attached hydrogens (tertiary/aromatic N) is 2. The number of thioether (sulfide) groups is 1. The van der Waals surface area contributed by atoms with E-state index in [4.69, 9.17) is 5.41 Å². The number of phenols is 1. The lowest BCUT2D eigenvalue weighted by atomic mass is 10.0. The molecule has 0 fully saturated rings. The van der Waals surface area contributed by atoms with Crippen LogP contribution in [0.1, 0.15) is 24.2 Å². The molecule has 0 bridgehead atoms. The van der Waals surface area contributed by atoms with E-state index in [9.17, 15) is 13.9 Å². The number of aromatic nitrogens is 3. The van der Waals surface area contributed by atoms with Gasteiger partial charge in [0.1, 0.15) is 11.6 Å². The van der Waals surface area contributed by atoms with Gasteiger partial charge < -0.3 is 15.4 Å². The van der Waals surface area contributed by atoms with Crippen molar-refractivity contribution in [3.8, 4) is 5.75 Å². The van der Waals surface area contributed by atoms with Gasteiger partial charge in [-0.2, -0.15) is 0 Å². The molecule has 3 rings (SSSR count). The number of phenolic OH excluding ortho intramolecular Hbond substituents is 1. The van der Waals surface area contributed by atoms with E-state index in [1.54, 1.807) is 24.3 Å². The molecule has 0 saturated carbocycles. The zero-order valence-electron chi connectivity index (χ0n) is 13.6. The lowest BCUT2D eigenvalue weighted by Gasteiger charge is -2.08. The minimum absolute atomic E-state index is 0.0970. The molecule has 2 aromatic carbocycles. The molecule has 134 valence electrons. The number of nitrogens with one attached hydrogen (secondary N) is 3. The first-order chi connectivity index (χ1) is 12.4. The van der Waals surface area contributed by atoms with Crippen LogP contribution in [0.3, 0.4) is 0 Å². The molecule has 0 aliphatic carbocycles. The summed E-state index contributed by atoms with van der Waals surface area (Å²) < 4.78 is 26.8. The van der Waals surface area contributed by atoms with E-state index in [2.05, 4.69) is 20.5 Å². The Kier molecular flexibility index (Phi) is 5.17. The molecular weight excluding hydrogens is 360 g/mol. The van der Waals surface area contributed by atoms with Crippen molar-refractivity contribution < 1.29 is 13.9 Å². The zero-order valence-corrected chi connectivity index (χ0v) is 14.4. The number of aromatic hydroxyl groups is 1. The zero-order chi connectivity index (χ0) is 18.7. The van der Waals surface area contributed by atoms with E-state index >= 15 is 0 Å². The van der Waals surface area contributed by atoms with Crippen LogP contribution < -0.4 is 5.32 Å². The van der Waals surface area contributed by atoms with Crippen LogP contribution in [0.2, 0.25) is 0 Å². The van der Waals surface area contributed by atoms with Gasteiger partial charge in [-0.25, -0.2) is 8.78 Å².